The summed E-state index contributed by atoms with van der Waals surface area (Å²) in [6, 6.07) is 6.28. The second kappa shape index (κ2) is 5.85. The lowest BCUT2D eigenvalue weighted by Crippen LogP contribution is -2.41. The maximum absolute atomic E-state index is 12.1. The highest BCUT2D eigenvalue weighted by molar-refractivity contribution is 5.99. The molecule has 0 aromatic heterocycles. The summed E-state index contributed by atoms with van der Waals surface area (Å²) < 4.78 is 0. The van der Waals surface area contributed by atoms with E-state index in [1.807, 2.05) is 18.2 Å². The summed E-state index contributed by atoms with van der Waals surface area (Å²) in [6.45, 7) is 0. The average Bonchev–Trinajstić information content (AvgIpc) is 2.80. The molecule has 0 unspecified atom stereocenters. The average molecular weight is 287 g/mol. The predicted molar refractivity (Wildman–Crippen MR) is 80.9 cm³/mol. The van der Waals surface area contributed by atoms with Crippen LogP contribution in [0.5, 0.6) is 0 Å². The van der Waals surface area contributed by atoms with Crippen molar-refractivity contribution >= 4 is 17.5 Å². The first-order valence-electron chi connectivity index (χ1n) is 7.57. The summed E-state index contributed by atoms with van der Waals surface area (Å²) in [5.74, 6) is 0.0675. The number of nitrogens with two attached hydrogens (primary N) is 1. The molecule has 1 aliphatic carbocycles. The maximum atomic E-state index is 12.1. The van der Waals surface area contributed by atoms with E-state index in [0.29, 0.717) is 18.9 Å². The fourth-order valence-electron chi connectivity index (χ4n) is 3.12. The van der Waals surface area contributed by atoms with Crippen LogP contribution in [0.4, 0.5) is 5.69 Å². The van der Waals surface area contributed by atoms with Gasteiger partial charge in [0.25, 0.3) is 0 Å². The van der Waals surface area contributed by atoms with Gasteiger partial charge in [0.2, 0.25) is 11.8 Å². The Morgan fingerprint density at radius 2 is 2.05 bits per heavy atom. The van der Waals surface area contributed by atoms with Gasteiger partial charge in [-0.1, -0.05) is 12.1 Å². The van der Waals surface area contributed by atoms with Gasteiger partial charge in [0.05, 0.1) is 12.8 Å². The molecular formula is C16H21N3O2. The van der Waals surface area contributed by atoms with Crippen molar-refractivity contribution in [1.29, 1.82) is 0 Å². The summed E-state index contributed by atoms with van der Waals surface area (Å²) in [5, 5.41) is 5.88. The lowest BCUT2D eigenvalue weighted by atomic mass is 9.91. The summed E-state index contributed by atoms with van der Waals surface area (Å²) >= 11 is 0. The van der Waals surface area contributed by atoms with Gasteiger partial charge in [-0.2, -0.15) is 0 Å². The van der Waals surface area contributed by atoms with Crippen molar-refractivity contribution in [2.24, 2.45) is 5.73 Å². The number of fused-ring (bicyclic) bond motifs is 1. The Morgan fingerprint density at radius 3 is 2.81 bits per heavy atom. The minimum Gasteiger partial charge on any atom is -0.353 e. The number of rotatable bonds is 3. The molecule has 5 nitrogen and oxygen atoms in total. The van der Waals surface area contributed by atoms with Crippen LogP contribution in [0, 0.1) is 0 Å². The molecule has 0 atom stereocenters. The van der Waals surface area contributed by atoms with Crippen molar-refractivity contribution in [3.05, 3.63) is 29.3 Å². The largest absolute Gasteiger partial charge is 0.353 e. The van der Waals surface area contributed by atoms with Gasteiger partial charge in [-0.25, -0.2) is 0 Å². The molecule has 1 aromatic rings. The van der Waals surface area contributed by atoms with Crippen LogP contribution in [0.3, 0.4) is 0 Å². The topological polar surface area (TPSA) is 84.2 Å². The van der Waals surface area contributed by atoms with Gasteiger partial charge in [0, 0.05) is 17.8 Å². The van der Waals surface area contributed by atoms with Gasteiger partial charge in [-0.05, 0) is 42.9 Å². The summed E-state index contributed by atoms with van der Waals surface area (Å²) in [7, 11) is 0. The molecule has 112 valence electrons. The van der Waals surface area contributed by atoms with Crippen molar-refractivity contribution in [1.82, 2.24) is 5.32 Å². The summed E-state index contributed by atoms with van der Waals surface area (Å²) in [5.41, 5.74) is 8.67. The van der Waals surface area contributed by atoms with E-state index in [1.165, 1.54) is 0 Å². The van der Waals surface area contributed by atoms with Crippen LogP contribution in [-0.2, 0) is 22.4 Å². The Bertz CT molecular complexity index is 563. The summed E-state index contributed by atoms with van der Waals surface area (Å²) in [4.78, 5) is 23.4. The molecule has 0 saturated heterocycles. The van der Waals surface area contributed by atoms with E-state index in [0.717, 1.165) is 42.5 Å². The molecule has 1 saturated carbocycles. The third kappa shape index (κ3) is 3.42. The number of carbonyl (C=O) groups is 2. The Labute approximate surface area is 124 Å². The number of amides is 2. The molecule has 1 aromatic carbocycles. The van der Waals surface area contributed by atoms with E-state index in [4.69, 9.17) is 5.73 Å². The first-order chi connectivity index (χ1) is 10.1. The first-order valence-corrected chi connectivity index (χ1v) is 7.57. The molecule has 21 heavy (non-hydrogen) atoms. The molecule has 0 radical (unpaired) electrons. The number of carbonyl (C=O) groups excluding carboxylic acids is 2. The van der Waals surface area contributed by atoms with Crippen molar-refractivity contribution in [3.63, 3.8) is 0 Å². The van der Waals surface area contributed by atoms with Gasteiger partial charge in [0.1, 0.15) is 0 Å². The zero-order valence-electron chi connectivity index (χ0n) is 12.0. The van der Waals surface area contributed by atoms with Crippen molar-refractivity contribution in [3.8, 4) is 0 Å². The van der Waals surface area contributed by atoms with Crippen molar-refractivity contribution in [2.75, 3.05) is 5.32 Å². The fourth-order valence-corrected chi connectivity index (χ4v) is 3.12. The van der Waals surface area contributed by atoms with E-state index < -0.39 is 0 Å². The van der Waals surface area contributed by atoms with Crippen LogP contribution in [0.1, 0.15) is 36.8 Å². The normalized spacial score (nSPS) is 24.3. The molecule has 3 rings (SSSR count). The van der Waals surface area contributed by atoms with Crippen molar-refractivity contribution in [2.45, 2.75) is 50.6 Å². The number of hydrogen-bond donors (Lipinski definition) is 3. The number of benzene rings is 1. The zero-order valence-corrected chi connectivity index (χ0v) is 12.0. The Morgan fingerprint density at radius 1 is 1.29 bits per heavy atom. The highest BCUT2D eigenvalue weighted by Crippen LogP contribution is 2.24. The SMILES string of the molecule is NC1CCC(NC(=O)Cc2ccc3c(c2)CC(=O)N3)CC1. The van der Waals surface area contributed by atoms with E-state index >= 15 is 0 Å². The third-order valence-electron chi connectivity index (χ3n) is 4.30. The van der Waals surface area contributed by atoms with Gasteiger partial charge in [-0.3, -0.25) is 9.59 Å². The second-order valence-electron chi connectivity index (χ2n) is 6.07. The lowest BCUT2D eigenvalue weighted by molar-refractivity contribution is -0.121. The van der Waals surface area contributed by atoms with Gasteiger partial charge >= 0.3 is 0 Å². The smallest absolute Gasteiger partial charge is 0.228 e. The maximum Gasteiger partial charge on any atom is 0.228 e. The molecule has 1 heterocycles. The van der Waals surface area contributed by atoms with Crippen LogP contribution in [0.25, 0.3) is 0 Å². The van der Waals surface area contributed by atoms with E-state index in [-0.39, 0.29) is 17.9 Å². The zero-order chi connectivity index (χ0) is 14.8. The predicted octanol–water partition coefficient (Wildman–Crippen LogP) is 1.11. The van der Waals surface area contributed by atoms with Gasteiger partial charge in [-0.15, -0.1) is 0 Å². The molecule has 0 bridgehead atoms. The van der Waals surface area contributed by atoms with E-state index in [9.17, 15) is 9.59 Å². The molecular weight excluding hydrogens is 266 g/mol. The van der Waals surface area contributed by atoms with Gasteiger partial charge < -0.3 is 16.4 Å². The standard InChI is InChI=1S/C16H21N3O2/c17-12-2-4-13(5-3-12)18-15(20)8-10-1-6-14-11(7-10)9-16(21)19-14/h1,6-7,12-13H,2-5,8-9,17H2,(H,18,20)(H,19,21). The number of anilines is 1. The molecule has 2 aliphatic rings. The molecule has 5 heteroatoms. The number of hydrogen-bond acceptors (Lipinski definition) is 3. The first kappa shape index (κ1) is 14.1. The highest BCUT2D eigenvalue weighted by Gasteiger charge is 2.21. The summed E-state index contributed by atoms with van der Waals surface area (Å²) in [6.07, 6.45) is 4.68. The molecule has 1 fully saturated rings. The van der Waals surface area contributed by atoms with Crippen LogP contribution in [-0.4, -0.2) is 23.9 Å². The van der Waals surface area contributed by atoms with Crippen molar-refractivity contribution < 1.29 is 9.59 Å². The van der Waals surface area contributed by atoms with Crippen LogP contribution in [0.2, 0.25) is 0 Å². The van der Waals surface area contributed by atoms with Crippen LogP contribution in [0.15, 0.2) is 18.2 Å². The number of nitrogens with one attached hydrogen (secondary N) is 2. The minimum absolute atomic E-state index is 0.0187. The van der Waals surface area contributed by atoms with E-state index in [1.54, 1.807) is 0 Å². The van der Waals surface area contributed by atoms with E-state index in [2.05, 4.69) is 10.6 Å². The quantitative estimate of drug-likeness (QED) is 0.778. The highest BCUT2D eigenvalue weighted by atomic mass is 16.2. The fraction of sp³-hybridized carbons (Fsp3) is 0.500. The molecule has 4 N–H and O–H groups in total. The van der Waals surface area contributed by atoms with Crippen LogP contribution >= 0.6 is 0 Å². The molecule has 2 amide bonds. The molecule has 0 spiro atoms. The van der Waals surface area contributed by atoms with Crippen LogP contribution < -0.4 is 16.4 Å². The lowest BCUT2D eigenvalue weighted by Gasteiger charge is -2.26. The minimum atomic E-state index is 0.0187. The van der Waals surface area contributed by atoms with Gasteiger partial charge in [0.15, 0.2) is 0 Å². The Balaban J connectivity index is 1.56. The Hall–Kier alpha value is -1.88. The molecule has 1 aliphatic heterocycles. The second-order valence-corrected chi connectivity index (χ2v) is 6.07. The third-order valence-corrected chi connectivity index (χ3v) is 4.30. The monoisotopic (exact) mass is 287 g/mol. The Kier molecular flexibility index (Phi) is 3.92.